The van der Waals surface area contributed by atoms with Gasteiger partial charge in [-0.1, -0.05) is 44.2 Å². The maximum absolute atomic E-state index is 9.26. The minimum Gasteiger partial charge on any atom is -0.395 e. The number of aliphatic hydroxyl groups excluding tert-OH is 1. The largest absolute Gasteiger partial charge is 0.395 e. The lowest BCUT2D eigenvalue weighted by molar-refractivity contribution is 0.115. The fourth-order valence-corrected chi connectivity index (χ4v) is 2.50. The number of hydrogen-bond acceptors (Lipinski definition) is 3. The average Bonchev–Trinajstić information content (AvgIpc) is 2.46. The fourth-order valence-electron chi connectivity index (χ4n) is 2.50. The lowest BCUT2D eigenvalue weighted by atomic mass is 9.82. The Kier molecular flexibility index (Phi) is 7.06. The third-order valence-corrected chi connectivity index (χ3v) is 4.16. The van der Waals surface area contributed by atoms with Gasteiger partial charge in [0.15, 0.2) is 0 Å². The van der Waals surface area contributed by atoms with Crippen molar-refractivity contribution >= 4 is 0 Å². The molecule has 0 aliphatic rings. The molecule has 0 aromatic heterocycles. The van der Waals surface area contributed by atoms with E-state index in [1.165, 1.54) is 5.56 Å². The molecule has 19 heavy (non-hydrogen) atoms. The molecule has 0 saturated carbocycles. The Bertz CT molecular complexity index is 328. The van der Waals surface area contributed by atoms with E-state index in [1.54, 1.807) is 0 Å². The van der Waals surface area contributed by atoms with E-state index >= 15 is 0 Å². The van der Waals surface area contributed by atoms with E-state index in [-0.39, 0.29) is 12.0 Å². The Morgan fingerprint density at radius 3 is 2.26 bits per heavy atom. The molecule has 0 aliphatic heterocycles. The zero-order valence-electron chi connectivity index (χ0n) is 12.3. The van der Waals surface area contributed by atoms with E-state index in [0.717, 1.165) is 25.9 Å². The summed E-state index contributed by atoms with van der Waals surface area (Å²) in [6, 6.07) is 10.4. The van der Waals surface area contributed by atoms with Crippen LogP contribution in [0.25, 0.3) is 0 Å². The highest BCUT2D eigenvalue weighted by Crippen LogP contribution is 2.26. The van der Waals surface area contributed by atoms with Gasteiger partial charge < -0.3 is 10.8 Å². The van der Waals surface area contributed by atoms with Gasteiger partial charge in [-0.2, -0.15) is 0 Å². The summed E-state index contributed by atoms with van der Waals surface area (Å²) >= 11 is 0. The molecule has 0 bridgehead atoms. The minimum absolute atomic E-state index is 0.171. The number of aliphatic hydroxyl groups is 1. The van der Waals surface area contributed by atoms with Gasteiger partial charge in [-0.15, -0.1) is 0 Å². The van der Waals surface area contributed by atoms with Crippen LogP contribution in [0.2, 0.25) is 0 Å². The highest BCUT2D eigenvalue weighted by Gasteiger charge is 2.27. The van der Waals surface area contributed by atoms with E-state index in [0.29, 0.717) is 13.1 Å². The topological polar surface area (TPSA) is 49.5 Å². The predicted octanol–water partition coefficient (Wildman–Crippen LogP) is 2.25. The summed E-state index contributed by atoms with van der Waals surface area (Å²) < 4.78 is 0. The number of nitrogens with two attached hydrogens (primary N) is 1. The van der Waals surface area contributed by atoms with Crippen molar-refractivity contribution in [1.29, 1.82) is 0 Å². The van der Waals surface area contributed by atoms with E-state index in [4.69, 9.17) is 5.73 Å². The van der Waals surface area contributed by atoms with Gasteiger partial charge in [0.1, 0.15) is 0 Å². The minimum atomic E-state index is 0.171. The summed E-state index contributed by atoms with van der Waals surface area (Å²) in [4.78, 5) is 2.31. The average molecular weight is 264 g/mol. The van der Waals surface area contributed by atoms with Crippen LogP contribution in [-0.4, -0.2) is 36.2 Å². The van der Waals surface area contributed by atoms with E-state index in [2.05, 4.69) is 43.0 Å². The maximum atomic E-state index is 9.26. The molecular formula is C16H28N2O. The van der Waals surface area contributed by atoms with Gasteiger partial charge in [-0.3, -0.25) is 4.90 Å². The van der Waals surface area contributed by atoms with Crippen LogP contribution in [0.5, 0.6) is 0 Å². The van der Waals surface area contributed by atoms with Gasteiger partial charge in [0.2, 0.25) is 0 Å². The van der Waals surface area contributed by atoms with Crippen LogP contribution in [0.15, 0.2) is 30.3 Å². The second-order valence-electron chi connectivity index (χ2n) is 5.33. The molecule has 0 fully saturated rings. The highest BCUT2D eigenvalue weighted by molar-refractivity contribution is 5.14. The lowest BCUT2D eigenvalue weighted by Gasteiger charge is -2.36. The summed E-state index contributed by atoms with van der Waals surface area (Å²) in [5, 5.41) is 9.26. The molecule has 0 atom stereocenters. The molecule has 0 aliphatic carbocycles. The molecule has 108 valence electrons. The summed E-state index contributed by atoms with van der Waals surface area (Å²) in [7, 11) is 0. The van der Waals surface area contributed by atoms with Gasteiger partial charge in [0, 0.05) is 19.6 Å². The van der Waals surface area contributed by atoms with Crippen LogP contribution < -0.4 is 5.73 Å². The van der Waals surface area contributed by atoms with Gasteiger partial charge in [-0.05, 0) is 30.4 Å². The van der Waals surface area contributed by atoms with Crippen LogP contribution in [0.4, 0.5) is 0 Å². The number of nitrogens with zero attached hydrogens (tertiary/aromatic N) is 1. The first-order valence-electron chi connectivity index (χ1n) is 7.27. The molecule has 1 rings (SSSR count). The molecule has 0 amide bonds. The molecule has 0 heterocycles. The van der Waals surface area contributed by atoms with Gasteiger partial charge in [0.25, 0.3) is 0 Å². The van der Waals surface area contributed by atoms with Crippen molar-refractivity contribution in [2.24, 2.45) is 11.1 Å². The van der Waals surface area contributed by atoms with Gasteiger partial charge >= 0.3 is 0 Å². The standard InChI is InChI=1S/C16H28N2O/c1-3-16(4-2,13-17)14-18(10-11-19)12-15-8-6-5-7-9-15/h5-9,19H,3-4,10-14,17H2,1-2H3. The number of benzene rings is 1. The van der Waals surface area contributed by atoms with Crippen LogP contribution in [0, 0.1) is 5.41 Å². The van der Waals surface area contributed by atoms with E-state index in [1.807, 2.05) is 6.07 Å². The highest BCUT2D eigenvalue weighted by atomic mass is 16.3. The third kappa shape index (κ3) is 4.94. The Labute approximate surface area is 117 Å². The second-order valence-corrected chi connectivity index (χ2v) is 5.33. The maximum Gasteiger partial charge on any atom is 0.0558 e. The first kappa shape index (κ1) is 16.2. The monoisotopic (exact) mass is 264 g/mol. The van der Waals surface area contributed by atoms with Crippen LogP contribution in [-0.2, 0) is 6.54 Å². The SMILES string of the molecule is CCC(CC)(CN)CN(CCO)Cc1ccccc1. The van der Waals surface area contributed by atoms with Crippen molar-refractivity contribution in [3.63, 3.8) is 0 Å². The fraction of sp³-hybridized carbons (Fsp3) is 0.625. The van der Waals surface area contributed by atoms with Crippen molar-refractivity contribution in [1.82, 2.24) is 4.90 Å². The molecule has 1 aromatic rings. The van der Waals surface area contributed by atoms with Crippen LogP contribution in [0.1, 0.15) is 32.3 Å². The Morgan fingerprint density at radius 2 is 1.79 bits per heavy atom. The molecule has 3 nitrogen and oxygen atoms in total. The lowest BCUT2D eigenvalue weighted by Crippen LogP contribution is -2.42. The van der Waals surface area contributed by atoms with Crippen LogP contribution in [0.3, 0.4) is 0 Å². The van der Waals surface area contributed by atoms with Crippen molar-refractivity contribution in [3.8, 4) is 0 Å². The Hall–Kier alpha value is -0.900. The summed E-state index contributed by atoms with van der Waals surface area (Å²) in [6.07, 6.45) is 2.16. The van der Waals surface area contributed by atoms with E-state index in [9.17, 15) is 5.11 Å². The molecule has 0 spiro atoms. The quantitative estimate of drug-likeness (QED) is 0.719. The van der Waals surface area contributed by atoms with Gasteiger partial charge in [-0.25, -0.2) is 0 Å². The first-order chi connectivity index (χ1) is 9.19. The smallest absolute Gasteiger partial charge is 0.0558 e. The first-order valence-corrected chi connectivity index (χ1v) is 7.27. The van der Waals surface area contributed by atoms with Crippen LogP contribution >= 0.6 is 0 Å². The van der Waals surface area contributed by atoms with Crippen molar-refractivity contribution in [3.05, 3.63) is 35.9 Å². The Morgan fingerprint density at radius 1 is 1.16 bits per heavy atom. The van der Waals surface area contributed by atoms with Crippen molar-refractivity contribution < 1.29 is 5.11 Å². The molecule has 3 heteroatoms. The molecule has 3 N–H and O–H groups in total. The molecule has 0 unspecified atom stereocenters. The molecule has 0 radical (unpaired) electrons. The van der Waals surface area contributed by atoms with Gasteiger partial charge in [0.05, 0.1) is 6.61 Å². The number of rotatable bonds is 9. The summed E-state index contributed by atoms with van der Waals surface area (Å²) in [6.45, 7) is 7.84. The Balaban J connectivity index is 2.71. The number of hydrogen-bond donors (Lipinski definition) is 2. The van der Waals surface area contributed by atoms with E-state index < -0.39 is 0 Å². The van der Waals surface area contributed by atoms with Crippen molar-refractivity contribution in [2.75, 3.05) is 26.2 Å². The molecule has 1 aromatic carbocycles. The second kappa shape index (κ2) is 8.31. The zero-order valence-corrected chi connectivity index (χ0v) is 12.3. The molecule has 0 saturated heterocycles. The van der Waals surface area contributed by atoms with Crippen molar-refractivity contribution in [2.45, 2.75) is 33.2 Å². The third-order valence-electron chi connectivity index (χ3n) is 4.16. The normalized spacial score (nSPS) is 12.1. The summed E-state index contributed by atoms with van der Waals surface area (Å²) in [5.41, 5.74) is 7.43. The summed E-state index contributed by atoms with van der Waals surface area (Å²) in [5.74, 6) is 0. The zero-order chi connectivity index (χ0) is 14.1. The molecular weight excluding hydrogens is 236 g/mol. The predicted molar refractivity (Wildman–Crippen MR) is 80.9 cm³/mol.